The van der Waals surface area contributed by atoms with Gasteiger partial charge in [-0.25, -0.2) is 56.4 Å². The van der Waals surface area contributed by atoms with E-state index in [1.807, 2.05) is 71.9 Å². The Balaban J connectivity index is 0.000000209. The molecule has 4 unspecified atom stereocenters. The molecule has 12 aromatic rings. The molecule has 0 bridgehead atoms. The summed E-state index contributed by atoms with van der Waals surface area (Å²) in [7, 11) is -18.3. The Morgan fingerprint density at radius 1 is 0.373 bits per heavy atom. The predicted octanol–water partition coefficient (Wildman–Crippen LogP) is 16.9. The Bertz CT molecular complexity index is 5960. The van der Waals surface area contributed by atoms with Gasteiger partial charge in [0.2, 0.25) is 41.7 Å². The minimum absolute atomic E-state index is 0.0182. The highest BCUT2D eigenvalue weighted by molar-refractivity contribution is 7.86. The molecule has 1 aliphatic rings. The van der Waals surface area contributed by atoms with E-state index in [0.717, 1.165) is 61.2 Å². The third-order valence-corrected chi connectivity index (χ3v) is 38.6. The quantitative estimate of drug-likeness (QED) is 0.00690. The van der Waals surface area contributed by atoms with Crippen LogP contribution in [0.3, 0.4) is 0 Å². The average Bonchev–Trinajstić information content (AvgIpc) is 0.775. The van der Waals surface area contributed by atoms with Gasteiger partial charge in [-0.2, -0.15) is 26.3 Å². The Hall–Kier alpha value is -9.83. The SMILES string of the molecule is CC(C)(C)OC(=O)OCOc1ccc([I+]c2ccccc2)cc1.CCC(C)c1ccc(COc2c(F)c(F)c(S(=O)(=O)[O-])c(F)c2F)cc1.CCC(C)c1ccc(COc2c(F)c(F)c(S(=O)(=O)[O-])c(F)c2F)cc1.CCC(C)c1ccc(COc2c(F)c(F)c(S(=O)(=O)[O-])c(F)c2F)cc1.CC[Si](CC)(CC)Cc1ccc([I+]c2ccccc2)cc1.c1ccc([I+]c2ccc(OC3CCCCO3)cc2)cc1. The van der Waals surface area contributed by atoms with Crippen LogP contribution in [0.4, 0.5) is 57.5 Å². The van der Waals surface area contributed by atoms with E-state index in [-0.39, 0.29) is 76.7 Å². The summed E-state index contributed by atoms with van der Waals surface area (Å²) in [5, 5.41) is 0. The van der Waals surface area contributed by atoms with Crippen molar-refractivity contribution in [3.05, 3.63) is 367 Å². The number of rotatable bonds is 34. The van der Waals surface area contributed by atoms with Gasteiger partial charge >= 0.3 is 69.8 Å². The molecular formula is C105H109F12I3O18S3Si. The normalized spacial score (nSPS) is 13.2. The molecule has 1 fully saturated rings. The van der Waals surface area contributed by atoms with Crippen molar-refractivity contribution in [2.45, 2.75) is 210 Å². The number of hydrogen-bond acceptors (Lipinski definition) is 18. The first-order valence-corrected chi connectivity index (χ1v) is 58.5. The molecule has 0 saturated carbocycles. The first kappa shape index (κ1) is 117. The van der Waals surface area contributed by atoms with E-state index in [1.165, 1.54) is 52.0 Å². The maximum atomic E-state index is 13.8. The third kappa shape index (κ3) is 35.8. The maximum absolute atomic E-state index is 13.8. The molecular weight excluding hydrogens is 2280 g/mol. The van der Waals surface area contributed by atoms with Gasteiger partial charge in [0, 0.05) is 6.42 Å². The van der Waals surface area contributed by atoms with E-state index in [1.54, 1.807) is 99.1 Å². The Kier molecular flexibility index (Phi) is 46.3. The summed E-state index contributed by atoms with van der Waals surface area (Å²) >= 11 is -0.295. The summed E-state index contributed by atoms with van der Waals surface area (Å²) < 4.78 is 312. The van der Waals surface area contributed by atoms with E-state index in [9.17, 15) is 96.4 Å². The van der Waals surface area contributed by atoms with Crippen LogP contribution in [0.5, 0.6) is 28.7 Å². The molecule has 0 amide bonds. The molecule has 0 aliphatic carbocycles. The molecule has 12 aromatic carbocycles. The van der Waals surface area contributed by atoms with Crippen molar-refractivity contribution in [3.63, 3.8) is 0 Å². The number of ether oxygens (including phenoxy) is 8. The zero-order valence-corrected chi connectivity index (χ0v) is 89.6. The number of benzene rings is 12. The van der Waals surface area contributed by atoms with E-state index in [0.29, 0.717) is 40.2 Å². The van der Waals surface area contributed by atoms with Crippen molar-refractivity contribution in [2.24, 2.45) is 0 Å². The van der Waals surface area contributed by atoms with Crippen molar-refractivity contribution >= 4 is 44.6 Å². The Morgan fingerprint density at radius 3 is 0.908 bits per heavy atom. The molecule has 4 atom stereocenters. The minimum atomic E-state index is -5.74. The van der Waals surface area contributed by atoms with Crippen LogP contribution in [0, 0.1) is 91.2 Å². The van der Waals surface area contributed by atoms with Gasteiger partial charge in [0.25, 0.3) is 0 Å². The monoisotopic (exact) mass is 2390 g/mol. The lowest BCUT2D eigenvalue weighted by atomic mass is 9.98. The summed E-state index contributed by atoms with van der Waals surface area (Å²) in [4.78, 5) is 4.75. The first-order valence-electron chi connectivity index (χ1n) is 45.0. The molecule has 37 heteroatoms. The molecule has 0 aromatic heterocycles. The molecule has 142 heavy (non-hydrogen) atoms. The van der Waals surface area contributed by atoms with Gasteiger partial charge in [0.15, 0.2) is 79.9 Å². The smallest absolute Gasteiger partial charge is 0.511 e. The topological polar surface area (TPSA) is 263 Å². The largest absolute Gasteiger partial charge is 0.744 e. The van der Waals surface area contributed by atoms with Crippen LogP contribution >= 0.6 is 0 Å². The van der Waals surface area contributed by atoms with E-state index < -0.39 is 172 Å². The lowest BCUT2D eigenvalue weighted by Gasteiger charge is -2.28. The summed E-state index contributed by atoms with van der Waals surface area (Å²) in [6, 6.07) is 83.9. The lowest BCUT2D eigenvalue weighted by molar-refractivity contribution is -0.597. The second kappa shape index (κ2) is 56.0. The Morgan fingerprint density at radius 2 is 0.648 bits per heavy atom. The third-order valence-electron chi connectivity index (χ3n) is 22.4. The van der Waals surface area contributed by atoms with E-state index >= 15 is 0 Å². The van der Waals surface area contributed by atoms with Gasteiger partial charge in [0.05, 0.1) is 14.7 Å². The molecule has 18 nitrogen and oxygen atoms in total. The molecule has 764 valence electrons. The molecule has 0 N–H and O–H groups in total. The van der Waals surface area contributed by atoms with Crippen LogP contribution in [0.1, 0.15) is 178 Å². The van der Waals surface area contributed by atoms with Crippen LogP contribution in [0.25, 0.3) is 0 Å². The fourth-order valence-corrected chi connectivity index (χ4v) is 25.2. The highest BCUT2D eigenvalue weighted by atomic mass is 127. The maximum Gasteiger partial charge on any atom is 0.511 e. The van der Waals surface area contributed by atoms with Crippen molar-refractivity contribution in [1.29, 1.82) is 0 Å². The number of halogens is 15. The summed E-state index contributed by atoms with van der Waals surface area (Å²) in [5.74, 6) is -28.2. The summed E-state index contributed by atoms with van der Waals surface area (Å²) in [6.45, 7) is 24.0. The first-order chi connectivity index (χ1) is 67.3. The van der Waals surface area contributed by atoms with Gasteiger partial charge in [-0.05, 0) is 207 Å². The summed E-state index contributed by atoms with van der Waals surface area (Å²) in [5.41, 5.74) is 5.52. The second-order valence-corrected chi connectivity index (χ2v) is 51.9. The minimum Gasteiger partial charge on any atom is -0.744 e. The van der Waals surface area contributed by atoms with Crippen molar-refractivity contribution < 1.29 is 198 Å². The van der Waals surface area contributed by atoms with Gasteiger partial charge < -0.3 is 51.6 Å². The predicted molar refractivity (Wildman–Crippen MR) is 500 cm³/mol. The van der Waals surface area contributed by atoms with Gasteiger partial charge in [0.1, 0.15) is 82.0 Å². The molecule has 13 rings (SSSR count). The molecule has 1 saturated heterocycles. The fraction of sp³-hybridized carbons (Fsp3) is 0.305. The fourth-order valence-electron chi connectivity index (χ4n) is 13.4. The molecule has 0 spiro atoms. The number of carbonyl (C=O) groups is 1. The van der Waals surface area contributed by atoms with Crippen molar-refractivity contribution in [2.75, 3.05) is 13.4 Å². The zero-order valence-electron chi connectivity index (χ0n) is 79.7. The average molecular weight is 2390 g/mol. The second-order valence-electron chi connectivity index (χ2n) is 33.4. The molecule has 1 heterocycles. The van der Waals surface area contributed by atoms with Crippen LogP contribution in [0.15, 0.2) is 251 Å². The highest BCUT2D eigenvalue weighted by Gasteiger charge is 2.35. The Labute approximate surface area is 854 Å². The molecule has 1 aliphatic heterocycles. The van der Waals surface area contributed by atoms with E-state index in [4.69, 9.17) is 37.9 Å². The van der Waals surface area contributed by atoms with Gasteiger partial charge in [-0.3, -0.25) is 0 Å². The standard InChI is InChI=1S/C19H26ISi.C18H20IO4.3C17H16F4O4S.C17H18IO2/c1-4-21(5-2,6-3)16-17-12-14-19(15-13-17)20-18-10-8-7-9-11-18;1-18(2,3)23-17(20)22-13-21-16-11-9-15(10-12-16)19-14-7-5-4-6-8-14;3*1-3-9(2)11-6-4-10(5-7-11)8-25-16-12(18)14(20)17(26(22,23)24)15(21)13(16)19;1-2-6-14(7-3-1)18-15-9-11-16(12-10-15)20-17-8-4-5-13-19-17/h7-15H,4-6,16H2,1-3H3;4-12H,13H2,1-3H3;3*4-7,9H,3,8H2,1-2H3,(H,22,23,24);1-3,6-7,9-12,17H,4-5,8,13H2/q2*+1;;;;+1/p-3. The van der Waals surface area contributed by atoms with Crippen molar-refractivity contribution in [1.82, 2.24) is 0 Å². The van der Waals surface area contributed by atoms with Crippen LogP contribution in [-0.2, 0) is 70.4 Å². The summed E-state index contributed by atoms with van der Waals surface area (Å²) in [6.07, 6.45) is 5.31. The highest BCUT2D eigenvalue weighted by Crippen LogP contribution is 2.38. The van der Waals surface area contributed by atoms with Crippen LogP contribution < -0.4 is 87.3 Å². The molecule has 0 radical (unpaired) electrons. The van der Waals surface area contributed by atoms with Gasteiger partial charge in [-0.15, -0.1) is 0 Å². The zero-order chi connectivity index (χ0) is 104. The lowest BCUT2D eigenvalue weighted by Crippen LogP contribution is -3.61. The number of carbonyl (C=O) groups excluding carboxylic acids is 1. The van der Waals surface area contributed by atoms with Gasteiger partial charge in [-0.1, -0.05) is 226 Å². The number of hydrogen-bond donors (Lipinski definition) is 0. The van der Waals surface area contributed by atoms with Crippen LogP contribution in [0.2, 0.25) is 18.1 Å². The van der Waals surface area contributed by atoms with Crippen LogP contribution in [-0.4, -0.2) is 78.4 Å². The van der Waals surface area contributed by atoms with Crippen molar-refractivity contribution in [3.8, 4) is 28.7 Å². The van der Waals surface area contributed by atoms with E-state index in [2.05, 4.69) is 154 Å².